The van der Waals surface area contributed by atoms with E-state index in [0.29, 0.717) is 11.7 Å². The van der Waals surface area contributed by atoms with Gasteiger partial charge in [-0.3, -0.25) is 9.69 Å². The number of benzene rings is 1. The first kappa shape index (κ1) is 18.5. The van der Waals surface area contributed by atoms with Crippen LogP contribution in [0.25, 0.3) is 10.2 Å². The number of thiazole rings is 1. The molecule has 0 saturated carbocycles. The SMILES string of the molecule is CCc1ccc2nc(N(CCN(CC)CC)C(=O)c3ccno3)sc2c1. The van der Waals surface area contributed by atoms with Crippen molar-refractivity contribution >= 4 is 32.6 Å². The molecule has 1 aromatic carbocycles. The van der Waals surface area contributed by atoms with E-state index in [-0.39, 0.29) is 11.7 Å². The highest BCUT2D eigenvalue weighted by Crippen LogP contribution is 2.30. The lowest BCUT2D eigenvalue weighted by Gasteiger charge is -2.23. The summed E-state index contributed by atoms with van der Waals surface area (Å²) < 4.78 is 6.18. The van der Waals surface area contributed by atoms with Crippen LogP contribution in [0.1, 0.15) is 36.9 Å². The molecule has 0 spiro atoms. The molecule has 0 aliphatic heterocycles. The van der Waals surface area contributed by atoms with Crippen LogP contribution in [0.4, 0.5) is 5.13 Å². The van der Waals surface area contributed by atoms with Crippen LogP contribution in [-0.2, 0) is 6.42 Å². The van der Waals surface area contributed by atoms with Gasteiger partial charge in [0.25, 0.3) is 5.91 Å². The number of nitrogens with zero attached hydrogens (tertiary/aromatic N) is 4. The largest absolute Gasteiger partial charge is 0.351 e. The third-order valence-corrected chi connectivity index (χ3v) is 5.55. The minimum Gasteiger partial charge on any atom is -0.351 e. The quantitative estimate of drug-likeness (QED) is 0.601. The van der Waals surface area contributed by atoms with Gasteiger partial charge in [0.15, 0.2) is 5.13 Å². The predicted octanol–water partition coefficient (Wildman–Crippen LogP) is 3.84. The van der Waals surface area contributed by atoms with E-state index in [0.717, 1.165) is 36.3 Å². The number of aromatic nitrogens is 2. The van der Waals surface area contributed by atoms with Crippen molar-refractivity contribution < 1.29 is 9.32 Å². The summed E-state index contributed by atoms with van der Waals surface area (Å²) in [6.45, 7) is 9.60. The van der Waals surface area contributed by atoms with E-state index in [1.165, 1.54) is 11.8 Å². The number of rotatable bonds is 8. The third kappa shape index (κ3) is 3.94. The summed E-state index contributed by atoms with van der Waals surface area (Å²) in [6, 6.07) is 7.85. The molecule has 6 nitrogen and oxygen atoms in total. The fraction of sp³-hybridized carbons (Fsp3) is 0.421. The molecular formula is C19H24N4O2S. The molecule has 7 heteroatoms. The standard InChI is InChI=1S/C19H24N4O2S/c1-4-14-7-8-15-17(13-14)26-19(21-15)23(12-11-22(5-2)6-3)18(24)16-9-10-20-25-16/h7-10,13H,4-6,11-12H2,1-3H3. The Bertz CT molecular complexity index is 856. The highest BCUT2D eigenvalue weighted by atomic mass is 32.1. The van der Waals surface area contributed by atoms with Crippen LogP contribution in [0, 0.1) is 0 Å². The zero-order valence-electron chi connectivity index (χ0n) is 15.4. The minimum absolute atomic E-state index is 0.204. The number of carbonyl (C=O) groups is 1. The Morgan fingerprint density at radius 3 is 2.62 bits per heavy atom. The van der Waals surface area contributed by atoms with Crippen molar-refractivity contribution in [1.82, 2.24) is 15.0 Å². The second-order valence-electron chi connectivity index (χ2n) is 6.01. The van der Waals surface area contributed by atoms with Crippen molar-refractivity contribution in [3.8, 4) is 0 Å². The molecule has 0 N–H and O–H groups in total. The van der Waals surface area contributed by atoms with E-state index < -0.39 is 0 Å². The molecule has 0 fully saturated rings. The number of amides is 1. The highest BCUT2D eigenvalue weighted by Gasteiger charge is 2.24. The molecule has 26 heavy (non-hydrogen) atoms. The van der Waals surface area contributed by atoms with Gasteiger partial charge >= 0.3 is 0 Å². The predicted molar refractivity (Wildman–Crippen MR) is 105 cm³/mol. The van der Waals surface area contributed by atoms with Gasteiger partial charge in [0.1, 0.15) is 0 Å². The molecule has 3 rings (SSSR count). The van der Waals surface area contributed by atoms with Gasteiger partial charge in [0.05, 0.1) is 16.4 Å². The molecule has 2 aromatic heterocycles. The Kier molecular flexibility index (Phi) is 6.00. The number of carbonyl (C=O) groups excluding carboxylic acids is 1. The number of hydrogen-bond acceptors (Lipinski definition) is 6. The van der Waals surface area contributed by atoms with E-state index in [1.807, 2.05) is 6.07 Å². The van der Waals surface area contributed by atoms with Crippen LogP contribution < -0.4 is 4.90 Å². The molecule has 0 saturated heterocycles. The maximum absolute atomic E-state index is 12.9. The van der Waals surface area contributed by atoms with E-state index >= 15 is 0 Å². The van der Waals surface area contributed by atoms with Crippen LogP contribution in [0.15, 0.2) is 35.0 Å². The van der Waals surface area contributed by atoms with Gasteiger partial charge in [-0.05, 0) is 37.2 Å². The van der Waals surface area contributed by atoms with Crippen molar-refractivity contribution in [2.45, 2.75) is 27.2 Å². The molecule has 0 aliphatic carbocycles. The van der Waals surface area contributed by atoms with E-state index in [2.05, 4.69) is 43.0 Å². The number of anilines is 1. The molecular weight excluding hydrogens is 348 g/mol. The fourth-order valence-electron chi connectivity index (χ4n) is 2.82. The molecule has 0 bridgehead atoms. The Morgan fingerprint density at radius 2 is 1.96 bits per heavy atom. The fourth-order valence-corrected chi connectivity index (χ4v) is 3.87. The smallest absolute Gasteiger partial charge is 0.298 e. The monoisotopic (exact) mass is 372 g/mol. The number of fused-ring (bicyclic) bond motifs is 1. The summed E-state index contributed by atoms with van der Waals surface area (Å²) in [5.74, 6) is 0.0301. The molecule has 0 radical (unpaired) electrons. The van der Waals surface area contributed by atoms with Crippen molar-refractivity contribution in [1.29, 1.82) is 0 Å². The summed E-state index contributed by atoms with van der Waals surface area (Å²) in [6.07, 6.45) is 2.47. The second-order valence-corrected chi connectivity index (χ2v) is 7.02. The first-order valence-corrected chi connectivity index (χ1v) is 9.82. The first-order valence-electron chi connectivity index (χ1n) is 9.00. The number of aryl methyl sites for hydroxylation is 1. The third-order valence-electron chi connectivity index (χ3n) is 4.51. The lowest BCUT2D eigenvalue weighted by atomic mass is 10.2. The number of hydrogen-bond donors (Lipinski definition) is 0. The highest BCUT2D eigenvalue weighted by molar-refractivity contribution is 7.22. The van der Waals surface area contributed by atoms with Crippen LogP contribution in [0.5, 0.6) is 0 Å². The summed E-state index contributed by atoms with van der Waals surface area (Å²) in [5.41, 5.74) is 2.18. The minimum atomic E-state index is -0.204. The van der Waals surface area contributed by atoms with Crippen LogP contribution in [-0.4, -0.2) is 47.1 Å². The summed E-state index contributed by atoms with van der Waals surface area (Å²) in [4.78, 5) is 21.6. The van der Waals surface area contributed by atoms with Crippen molar-refractivity contribution in [2.75, 3.05) is 31.1 Å². The second kappa shape index (κ2) is 8.42. The maximum atomic E-state index is 12.9. The molecule has 1 amide bonds. The van der Waals surface area contributed by atoms with Gasteiger partial charge in [-0.2, -0.15) is 0 Å². The normalized spacial score (nSPS) is 11.4. The Hall–Kier alpha value is -2.25. The van der Waals surface area contributed by atoms with Crippen LogP contribution >= 0.6 is 11.3 Å². The van der Waals surface area contributed by atoms with Gasteiger partial charge in [-0.25, -0.2) is 4.98 Å². The Labute approximate surface area is 157 Å². The van der Waals surface area contributed by atoms with Gasteiger partial charge in [-0.15, -0.1) is 0 Å². The topological polar surface area (TPSA) is 62.5 Å². The molecule has 138 valence electrons. The Balaban J connectivity index is 1.92. The molecule has 3 aromatic rings. The van der Waals surface area contributed by atoms with Crippen LogP contribution in [0.3, 0.4) is 0 Å². The zero-order valence-corrected chi connectivity index (χ0v) is 16.3. The van der Waals surface area contributed by atoms with Gasteiger partial charge in [-0.1, -0.05) is 43.3 Å². The van der Waals surface area contributed by atoms with E-state index in [9.17, 15) is 4.79 Å². The molecule has 0 unspecified atom stereocenters. The summed E-state index contributed by atoms with van der Waals surface area (Å²) in [5, 5.41) is 4.36. The summed E-state index contributed by atoms with van der Waals surface area (Å²) >= 11 is 1.54. The Morgan fingerprint density at radius 1 is 1.15 bits per heavy atom. The van der Waals surface area contributed by atoms with Crippen LogP contribution in [0.2, 0.25) is 0 Å². The lowest BCUT2D eigenvalue weighted by molar-refractivity contribution is 0.0948. The van der Waals surface area contributed by atoms with Crippen molar-refractivity contribution in [3.63, 3.8) is 0 Å². The van der Waals surface area contributed by atoms with Crippen molar-refractivity contribution in [3.05, 3.63) is 41.8 Å². The molecule has 0 aliphatic rings. The molecule has 0 atom stereocenters. The van der Waals surface area contributed by atoms with E-state index in [4.69, 9.17) is 9.51 Å². The van der Waals surface area contributed by atoms with E-state index in [1.54, 1.807) is 22.3 Å². The zero-order chi connectivity index (χ0) is 18.5. The van der Waals surface area contributed by atoms with Gasteiger partial charge in [0, 0.05) is 19.2 Å². The number of likely N-dealkylation sites (N-methyl/N-ethyl adjacent to an activating group) is 1. The summed E-state index contributed by atoms with van der Waals surface area (Å²) in [7, 11) is 0. The maximum Gasteiger partial charge on any atom is 0.298 e. The average molecular weight is 372 g/mol. The molecule has 2 heterocycles. The van der Waals surface area contributed by atoms with Crippen molar-refractivity contribution in [2.24, 2.45) is 0 Å². The average Bonchev–Trinajstić information content (AvgIpc) is 3.33. The lowest BCUT2D eigenvalue weighted by Crippen LogP contribution is -2.38. The van der Waals surface area contributed by atoms with Gasteiger partial charge < -0.3 is 9.42 Å². The first-order chi connectivity index (χ1) is 12.7. The van der Waals surface area contributed by atoms with Gasteiger partial charge in [0.2, 0.25) is 5.76 Å².